The summed E-state index contributed by atoms with van der Waals surface area (Å²) in [5.74, 6) is 1.03. The fourth-order valence-electron chi connectivity index (χ4n) is 4.20. The normalized spacial score (nSPS) is 20.3. The van der Waals surface area contributed by atoms with Crippen molar-refractivity contribution in [3.8, 4) is 5.75 Å². The van der Waals surface area contributed by atoms with Gasteiger partial charge in [0.15, 0.2) is 0 Å². The lowest BCUT2D eigenvalue weighted by molar-refractivity contribution is 0.0697. The van der Waals surface area contributed by atoms with E-state index in [1.165, 1.54) is 11.1 Å². The van der Waals surface area contributed by atoms with Crippen LogP contribution in [0.15, 0.2) is 54.1 Å². The Balaban J connectivity index is 0.00000300. The van der Waals surface area contributed by atoms with Crippen LogP contribution in [0.25, 0.3) is 6.08 Å². The van der Waals surface area contributed by atoms with E-state index in [9.17, 15) is 9.90 Å². The molecule has 5 heteroatoms. The number of rotatable bonds is 6. The van der Waals surface area contributed by atoms with E-state index in [2.05, 4.69) is 43.3 Å². The van der Waals surface area contributed by atoms with E-state index in [-0.39, 0.29) is 12.4 Å². The van der Waals surface area contributed by atoms with Crippen molar-refractivity contribution in [1.82, 2.24) is 4.90 Å². The van der Waals surface area contributed by atoms with Crippen LogP contribution in [0.4, 0.5) is 0 Å². The van der Waals surface area contributed by atoms with Gasteiger partial charge in [-0.3, -0.25) is 0 Å². The van der Waals surface area contributed by atoms with Crippen molar-refractivity contribution in [2.24, 2.45) is 5.92 Å². The Kier molecular flexibility index (Phi) is 8.30. The Labute approximate surface area is 179 Å². The zero-order chi connectivity index (χ0) is 20.1. The van der Waals surface area contributed by atoms with Crippen molar-refractivity contribution in [2.45, 2.75) is 25.2 Å². The van der Waals surface area contributed by atoms with Gasteiger partial charge in [0.25, 0.3) is 0 Å². The molecule has 3 rings (SSSR count). The van der Waals surface area contributed by atoms with Crippen LogP contribution >= 0.6 is 12.4 Å². The van der Waals surface area contributed by atoms with Gasteiger partial charge in [0, 0.05) is 6.54 Å². The second-order valence-corrected chi connectivity index (χ2v) is 7.88. The quantitative estimate of drug-likeness (QED) is 0.691. The van der Waals surface area contributed by atoms with Crippen molar-refractivity contribution < 1.29 is 14.6 Å². The molecule has 0 aromatic heterocycles. The molecule has 0 bridgehead atoms. The minimum absolute atomic E-state index is 0. The van der Waals surface area contributed by atoms with Crippen LogP contribution < -0.4 is 4.74 Å². The standard InChI is InChI=1S/C24H29NO3.ClH/c1-25(2)16-21-11-10-18(12-17-6-4-8-20(13-17)24(26)27)14-23(21)19-7-5-9-22(15-19)28-3;/h4-9,12-13,15,21,23H,10-11,14,16H2,1-3H3,(H,26,27);1H/b18-12+;. The molecule has 0 saturated heterocycles. The number of hydrogen-bond acceptors (Lipinski definition) is 3. The monoisotopic (exact) mass is 415 g/mol. The third-order valence-electron chi connectivity index (χ3n) is 5.51. The lowest BCUT2D eigenvalue weighted by Crippen LogP contribution is -2.29. The number of carbonyl (C=O) groups is 1. The number of nitrogens with zero attached hydrogens (tertiary/aromatic N) is 1. The largest absolute Gasteiger partial charge is 0.497 e. The first-order valence-electron chi connectivity index (χ1n) is 9.77. The predicted octanol–water partition coefficient (Wildman–Crippen LogP) is 5.34. The molecule has 0 heterocycles. The maximum Gasteiger partial charge on any atom is 0.335 e. The third kappa shape index (κ3) is 6.09. The molecule has 0 spiro atoms. The van der Waals surface area contributed by atoms with Crippen molar-refractivity contribution in [3.63, 3.8) is 0 Å². The second-order valence-electron chi connectivity index (χ2n) is 7.88. The number of benzene rings is 2. The molecule has 0 amide bonds. The van der Waals surface area contributed by atoms with E-state index in [4.69, 9.17) is 4.74 Å². The summed E-state index contributed by atoms with van der Waals surface area (Å²) in [6.07, 6.45) is 5.34. The lowest BCUT2D eigenvalue weighted by atomic mass is 9.73. The Hall–Kier alpha value is -2.30. The molecule has 2 aromatic carbocycles. The molecule has 1 saturated carbocycles. The minimum atomic E-state index is -0.885. The SMILES string of the molecule is COc1cccc(C2C/C(=C/c3cccc(C(=O)O)c3)CCC2CN(C)C)c1.Cl. The summed E-state index contributed by atoms with van der Waals surface area (Å²) < 4.78 is 5.44. The van der Waals surface area contributed by atoms with E-state index in [1.54, 1.807) is 19.2 Å². The fourth-order valence-corrected chi connectivity index (χ4v) is 4.20. The average molecular weight is 416 g/mol. The molecule has 0 aliphatic heterocycles. The summed E-state index contributed by atoms with van der Waals surface area (Å²) in [5, 5.41) is 9.24. The topological polar surface area (TPSA) is 49.8 Å². The van der Waals surface area contributed by atoms with Crippen LogP contribution in [-0.2, 0) is 0 Å². The van der Waals surface area contributed by atoms with Gasteiger partial charge in [-0.15, -0.1) is 12.4 Å². The molecule has 2 atom stereocenters. The first-order chi connectivity index (χ1) is 13.5. The van der Waals surface area contributed by atoms with Gasteiger partial charge in [-0.2, -0.15) is 0 Å². The highest BCUT2D eigenvalue weighted by atomic mass is 35.5. The highest BCUT2D eigenvalue weighted by Gasteiger charge is 2.29. The molecular weight excluding hydrogens is 386 g/mol. The summed E-state index contributed by atoms with van der Waals surface area (Å²) in [5.41, 5.74) is 3.99. The van der Waals surface area contributed by atoms with Crippen molar-refractivity contribution in [1.29, 1.82) is 0 Å². The molecule has 1 N–H and O–H groups in total. The predicted molar refractivity (Wildman–Crippen MR) is 120 cm³/mol. The third-order valence-corrected chi connectivity index (χ3v) is 5.51. The summed E-state index contributed by atoms with van der Waals surface area (Å²) in [6, 6.07) is 15.6. The molecule has 2 unspecified atom stereocenters. The van der Waals surface area contributed by atoms with Crippen LogP contribution in [0.2, 0.25) is 0 Å². The number of aromatic carboxylic acids is 1. The highest BCUT2D eigenvalue weighted by molar-refractivity contribution is 5.88. The van der Waals surface area contributed by atoms with Gasteiger partial charge >= 0.3 is 5.97 Å². The van der Waals surface area contributed by atoms with E-state index < -0.39 is 5.97 Å². The first kappa shape index (κ1) is 23.0. The van der Waals surface area contributed by atoms with Crippen molar-refractivity contribution >= 4 is 24.5 Å². The van der Waals surface area contributed by atoms with Gasteiger partial charge in [-0.25, -0.2) is 4.79 Å². The molecule has 1 aliphatic rings. The van der Waals surface area contributed by atoms with Crippen LogP contribution in [0.3, 0.4) is 0 Å². The number of carboxylic acid groups (broad SMARTS) is 1. The van der Waals surface area contributed by atoms with Gasteiger partial charge in [-0.1, -0.05) is 35.9 Å². The van der Waals surface area contributed by atoms with Gasteiger partial charge in [0.1, 0.15) is 5.75 Å². The summed E-state index contributed by atoms with van der Waals surface area (Å²) in [7, 11) is 5.97. The zero-order valence-electron chi connectivity index (χ0n) is 17.3. The number of halogens is 1. The van der Waals surface area contributed by atoms with Gasteiger partial charge in [0.2, 0.25) is 0 Å². The molecule has 4 nitrogen and oxygen atoms in total. The van der Waals surface area contributed by atoms with Crippen LogP contribution in [0.5, 0.6) is 5.75 Å². The maximum atomic E-state index is 11.3. The minimum Gasteiger partial charge on any atom is -0.497 e. The fraction of sp³-hybridized carbons (Fsp3) is 0.375. The highest BCUT2D eigenvalue weighted by Crippen LogP contribution is 2.42. The Bertz CT molecular complexity index is 863. The van der Waals surface area contributed by atoms with Crippen LogP contribution in [-0.4, -0.2) is 43.7 Å². The van der Waals surface area contributed by atoms with E-state index in [1.807, 2.05) is 18.2 Å². The van der Waals surface area contributed by atoms with Gasteiger partial charge < -0.3 is 14.7 Å². The molecule has 2 aromatic rings. The number of carboxylic acids is 1. The van der Waals surface area contributed by atoms with Gasteiger partial charge in [0.05, 0.1) is 12.7 Å². The van der Waals surface area contributed by atoms with Crippen LogP contribution in [0.1, 0.15) is 46.7 Å². The van der Waals surface area contributed by atoms with Gasteiger partial charge in [-0.05, 0) is 80.6 Å². The summed E-state index contributed by atoms with van der Waals surface area (Å²) in [4.78, 5) is 13.5. The molecular formula is C24H30ClNO3. The Morgan fingerprint density at radius 2 is 1.97 bits per heavy atom. The van der Waals surface area contributed by atoms with E-state index in [0.717, 1.165) is 37.1 Å². The number of methoxy groups -OCH3 is 1. The summed E-state index contributed by atoms with van der Waals surface area (Å²) >= 11 is 0. The lowest BCUT2D eigenvalue weighted by Gasteiger charge is -2.35. The van der Waals surface area contributed by atoms with Crippen molar-refractivity contribution in [3.05, 3.63) is 70.8 Å². The number of ether oxygens (including phenoxy) is 1. The Morgan fingerprint density at radius 1 is 1.21 bits per heavy atom. The molecule has 29 heavy (non-hydrogen) atoms. The van der Waals surface area contributed by atoms with Crippen LogP contribution in [0, 0.1) is 5.92 Å². The van der Waals surface area contributed by atoms with E-state index in [0.29, 0.717) is 17.4 Å². The molecule has 156 valence electrons. The molecule has 1 aliphatic carbocycles. The number of hydrogen-bond donors (Lipinski definition) is 1. The number of allylic oxidation sites excluding steroid dienone is 1. The van der Waals surface area contributed by atoms with Crippen molar-refractivity contribution in [2.75, 3.05) is 27.7 Å². The Morgan fingerprint density at radius 3 is 2.66 bits per heavy atom. The summed E-state index contributed by atoms with van der Waals surface area (Å²) in [6.45, 7) is 1.06. The average Bonchev–Trinajstić information content (AvgIpc) is 2.69. The molecule has 1 fully saturated rings. The van der Waals surface area contributed by atoms with E-state index >= 15 is 0 Å². The molecule has 0 radical (unpaired) electrons. The maximum absolute atomic E-state index is 11.3. The second kappa shape index (κ2) is 10.5. The smallest absolute Gasteiger partial charge is 0.335 e. The first-order valence-corrected chi connectivity index (χ1v) is 9.77. The zero-order valence-corrected chi connectivity index (χ0v) is 18.1.